The minimum atomic E-state index is 0.825. The topological polar surface area (TPSA) is 57.3 Å². The second-order valence-corrected chi connectivity index (χ2v) is 7.24. The van der Waals surface area contributed by atoms with Crippen LogP contribution in [0.1, 0.15) is 0 Å². The first-order valence-electron chi connectivity index (χ1n) is 8.87. The molecule has 0 bridgehead atoms. The lowest BCUT2D eigenvalue weighted by Gasteiger charge is -2.23. The lowest BCUT2D eigenvalue weighted by molar-refractivity contribution is -0.905. The van der Waals surface area contributed by atoms with Crippen LogP contribution in [0.25, 0.3) is 17.1 Å². The van der Waals surface area contributed by atoms with Crippen molar-refractivity contribution in [3.8, 4) is 17.1 Å². The molecule has 1 N–H and O–H groups in total. The van der Waals surface area contributed by atoms with E-state index in [1.54, 1.807) is 22.9 Å². The van der Waals surface area contributed by atoms with E-state index < -0.39 is 0 Å². The molecule has 4 rings (SSSR count). The Morgan fingerprint density at radius 1 is 1.04 bits per heavy atom. The summed E-state index contributed by atoms with van der Waals surface area (Å²) < 4.78 is 7.55. The molecule has 1 saturated heterocycles. The highest BCUT2D eigenvalue weighted by atomic mass is 32.2. The smallest absolute Gasteiger partial charge is 0.196 e. The molecule has 0 unspecified atom stereocenters. The van der Waals surface area contributed by atoms with E-state index in [1.807, 2.05) is 36.5 Å². The van der Waals surface area contributed by atoms with E-state index in [2.05, 4.69) is 31.9 Å². The Bertz CT molecular complexity index is 818. The number of nitrogens with zero attached hydrogens (tertiary/aromatic N) is 4. The molecule has 134 valence electrons. The van der Waals surface area contributed by atoms with Crippen molar-refractivity contribution in [3.63, 3.8) is 0 Å². The van der Waals surface area contributed by atoms with Gasteiger partial charge in [-0.3, -0.25) is 9.55 Å². The van der Waals surface area contributed by atoms with E-state index in [-0.39, 0.29) is 0 Å². The predicted octanol–water partition coefficient (Wildman–Crippen LogP) is 1.34. The summed E-state index contributed by atoms with van der Waals surface area (Å²) in [6, 6.07) is 14.2. The Kier molecular flexibility index (Phi) is 5.59. The fourth-order valence-corrected chi connectivity index (χ4v) is 4.04. The van der Waals surface area contributed by atoms with Crippen LogP contribution in [0.3, 0.4) is 0 Å². The molecule has 7 heteroatoms. The average molecular weight is 368 g/mol. The van der Waals surface area contributed by atoms with Crippen molar-refractivity contribution in [3.05, 3.63) is 54.9 Å². The molecular formula is C19H22N5OS+. The van der Waals surface area contributed by atoms with Crippen LogP contribution in [0.2, 0.25) is 0 Å². The fourth-order valence-electron chi connectivity index (χ4n) is 3.05. The number of quaternary nitrogens is 1. The van der Waals surface area contributed by atoms with Gasteiger partial charge < -0.3 is 9.64 Å². The van der Waals surface area contributed by atoms with Crippen molar-refractivity contribution in [2.24, 2.45) is 0 Å². The van der Waals surface area contributed by atoms with Crippen molar-refractivity contribution in [2.45, 2.75) is 5.16 Å². The van der Waals surface area contributed by atoms with Crippen LogP contribution >= 0.6 is 11.8 Å². The summed E-state index contributed by atoms with van der Waals surface area (Å²) in [4.78, 5) is 5.82. The number of morpholine rings is 1. The molecule has 2 aromatic heterocycles. The van der Waals surface area contributed by atoms with Gasteiger partial charge in [0.05, 0.1) is 25.5 Å². The second kappa shape index (κ2) is 8.44. The molecule has 0 atom stereocenters. The first-order valence-corrected chi connectivity index (χ1v) is 9.86. The van der Waals surface area contributed by atoms with Gasteiger partial charge in [0.25, 0.3) is 0 Å². The lowest BCUT2D eigenvalue weighted by atomic mass is 10.2. The third-order valence-corrected chi connectivity index (χ3v) is 5.38. The molecule has 0 saturated carbocycles. The summed E-state index contributed by atoms with van der Waals surface area (Å²) in [7, 11) is 0. The molecule has 26 heavy (non-hydrogen) atoms. The number of pyridine rings is 1. The maximum absolute atomic E-state index is 5.43. The van der Waals surface area contributed by atoms with Gasteiger partial charge in [-0.2, -0.15) is 0 Å². The number of thioether (sulfide) groups is 1. The maximum Gasteiger partial charge on any atom is 0.196 e. The zero-order valence-corrected chi connectivity index (χ0v) is 15.4. The SMILES string of the molecule is c1ccc(-n2c(SCC[NH+]3CCOCC3)nnc2-c2cccnc2)cc1. The van der Waals surface area contributed by atoms with Crippen molar-refractivity contribution < 1.29 is 9.64 Å². The van der Waals surface area contributed by atoms with Crippen LogP contribution in [-0.2, 0) is 4.74 Å². The predicted molar refractivity (Wildman–Crippen MR) is 102 cm³/mol. The van der Waals surface area contributed by atoms with Crippen LogP contribution in [-0.4, -0.2) is 58.3 Å². The quantitative estimate of drug-likeness (QED) is 0.666. The number of para-hydroxylation sites is 1. The van der Waals surface area contributed by atoms with Gasteiger partial charge in [-0.15, -0.1) is 10.2 Å². The standard InChI is InChI=1S/C19H21N5OS/c1-2-6-17(7-3-1)24-18(16-5-4-8-20-15-16)21-22-19(24)26-14-11-23-9-12-25-13-10-23/h1-8,15H,9-14H2/p+1. The normalized spacial score (nSPS) is 15.2. The summed E-state index contributed by atoms with van der Waals surface area (Å²) in [6.45, 7) is 5.02. The van der Waals surface area contributed by atoms with Crippen LogP contribution in [0.5, 0.6) is 0 Å². The number of rotatable bonds is 6. The molecule has 1 fully saturated rings. The molecule has 0 radical (unpaired) electrons. The molecule has 0 aliphatic carbocycles. The van der Waals surface area contributed by atoms with Gasteiger partial charge >= 0.3 is 0 Å². The Morgan fingerprint density at radius 2 is 1.88 bits per heavy atom. The zero-order valence-electron chi connectivity index (χ0n) is 14.5. The van der Waals surface area contributed by atoms with Crippen molar-refractivity contribution >= 4 is 11.8 Å². The minimum Gasteiger partial charge on any atom is -0.370 e. The third-order valence-electron chi connectivity index (χ3n) is 4.45. The van der Waals surface area contributed by atoms with E-state index in [4.69, 9.17) is 4.74 Å². The minimum absolute atomic E-state index is 0.825. The van der Waals surface area contributed by atoms with Crippen LogP contribution in [0, 0.1) is 0 Å². The first-order chi connectivity index (χ1) is 12.9. The Morgan fingerprint density at radius 3 is 2.65 bits per heavy atom. The summed E-state index contributed by atoms with van der Waals surface area (Å²) in [5.41, 5.74) is 2.03. The first kappa shape index (κ1) is 17.2. The second-order valence-electron chi connectivity index (χ2n) is 6.18. The van der Waals surface area contributed by atoms with E-state index in [0.29, 0.717) is 0 Å². The van der Waals surface area contributed by atoms with Crippen molar-refractivity contribution in [1.82, 2.24) is 19.7 Å². The Labute approximate surface area is 157 Å². The molecule has 6 nitrogen and oxygen atoms in total. The number of aromatic nitrogens is 4. The van der Waals surface area contributed by atoms with Crippen molar-refractivity contribution in [2.75, 3.05) is 38.6 Å². The molecule has 3 heterocycles. The summed E-state index contributed by atoms with van der Waals surface area (Å²) in [5.74, 6) is 1.83. The van der Waals surface area contributed by atoms with Crippen LogP contribution in [0.4, 0.5) is 0 Å². The molecule has 1 aliphatic heterocycles. The van der Waals surface area contributed by atoms with Crippen LogP contribution in [0.15, 0.2) is 60.0 Å². The average Bonchev–Trinajstić information content (AvgIpc) is 3.14. The van der Waals surface area contributed by atoms with Gasteiger partial charge in [-0.25, -0.2) is 0 Å². The molecule has 0 amide bonds. The molecule has 3 aromatic rings. The van der Waals surface area contributed by atoms with Gasteiger partial charge in [-0.1, -0.05) is 30.0 Å². The van der Waals surface area contributed by atoms with Crippen LogP contribution < -0.4 is 4.90 Å². The number of hydrogen-bond donors (Lipinski definition) is 1. The maximum atomic E-state index is 5.43. The third kappa shape index (κ3) is 3.95. The zero-order chi connectivity index (χ0) is 17.6. The highest BCUT2D eigenvalue weighted by molar-refractivity contribution is 7.99. The van der Waals surface area contributed by atoms with E-state index >= 15 is 0 Å². The monoisotopic (exact) mass is 368 g/mol. The van der Waals surface area contributed by atoms with Gasteiger partial charge in [0.15, 0.2) is 11.0 Å². The van der Waals surface area contributed by atoms with Crippen molar-refractivity contribution in [1.29, 1.82) is 0 Å². The number of hydrogen-bond acceptors (Lipinski definition) is 5. The highest BCUT2D eigenvalue weighted by Crippen LogP contribution is 2.27. The van der Waals surface area contributed by atoms with Gasteiger partial charge in [0, 0.05) is 23.6 Å². The molecule has 0 spiro atoms. The number of benzene rings is 1. The van der Waals surface area contributed by atoms with Gasteiger partial charge in [0.2, 0.25) is 0 Å². The number of nitrogens with one attached hydrogen (secondary N) is 1. The van der Waals surface area contributed by atoms with Gasteiger partial charge in [0.1, 0.15) is 13.1 Å². The summed E-state index contributed by atoms with van der Waals surface area (Å²) in [6.07, 6.45) is 3.60. The Balaban J connectivity index is 1.57. The number of ether oxygens (including phenoxy) is 1. The lowest BCUT2D eigenvalue weighted by Crippen LogP contribution is -3.14. The highest BCUT2D eigenvalue weighted by Gasteiger charge is 2.18. The van der Waals surface area contributed by atoms with E-state index in [0.717, 1.165) is 60.8 Å². The van der Waals surface area contributed by atoms with E-state index in [9.17, 15) is 0 Å². The Hall–Kier alpha value is -2.22. The van der Waals surface area contributed by atoms with E-state index in [1.165, 1.54) is 0 Å². The summed E-state index contributed by atoms with van der Waals surface area (Å²) >= 11 is 1.76. The molecule has 1 aliphatic rings. The van der Waals surface area contributed by atoms with Gasteiger partial charge in [-0.05, 0) is 24.3 Å². The fraction of sp³-hybridized carbons (Fsp3) is 0.316. The summed E-state index contributed by atoms with van der Waals surface area (Å²) in [5, 5.41) is 9.84. The molecule has 1 aromatic carbocycles. The largest absolute Gasteiger partial charge is 0.370 e. The molecular weight excluding hydrogens is 346 g/mol.